The van der Waals surface area contributed by atoms with Crippen LogP contribution in [-0.4, -0.2) is 26.1 Å². The van der Waals surface area contributed by atoms with Crippen LogP contribution in [0, 0.1) is 13.8 Å². The third-order valence-corrected chi connectivity index (χ3v) is 4.85. The zero-order chi connectivity index (χ0) is 18.3. The van der Waals surface area contributed by atoms with Crippen molar-refractivity contribution in [1.29, 1.82) is 0 Å². The number of nitrogens with zero attached hydrogens (tertiary/aromatic N) is 4. The van der Waals surface area contributed by atoms with E-state index in [0.717, 1.165) is 35.9 Å². The zero-order valence-corrected chi connectivity index (χ0v) is 14.7. The van der Waals surface area contributed by atoms with Crippen LogP contribution in [0.2, 0.25) is 0 Å². The number of benzene rings is 1. The van der Waals surface area contributed by atoms with E-state index in [4.69, 9.17) is 4.42 Å². The summed E-state index contributed by atoms with van der Waals surface area (Å²) in [5, 5.41) is 15.5. The lowest BCUT2D eigenvalue weighted by atomic mass is 10.0. The number of nitrogens with one attached hydrogen (secondary N) is 1. The highest BCUT2D eigenvalue weighted by Gasteiger charge is 2.28. The first-order valence-corrected chi connectivity index (χ1v) is 8.65. The first kappa shape index (κ1) is 16.4. The van der Waals surface area contributed by atoms with Gasteiger partial charge in [-0.15, -0.1) is 5.10 Å². The van der Waals surface area contributed by atoms with E-state index in [-0.39, 0.29) is 17.5 Å². The molecule has 3 heterocycles. The van der Waals surface area contributed by atoms with Crippen LogP contribution < -0.4 is 10.9 Å². The van der Waals surface area contributed by atoms with E-state index in [1.807, 2.05) is 19.9 Å². The number of amides is 1. The summed E-state index contributed by atoms with van der Waals surface area (Å²) < 4.78 is 6.97. The van der Waals surface area contributed by atoms with Gasteiger partial charge in [0.25, 0.3) is 0 Å². The lowest BCUT2D eigenvalue weighted by molar-refractivity contribution is -0.117. The number of rotatable bonds is 2. The average molecular weight is 353 g/mol. The van der Waals surface area contributed by atoms with Crippen LogP contribution in [0.15, 0.2) is 27.4 Å². The molecule has 0 bridgehead atoms. The summed E-state index contributed by atoms with van der Waals surface area (Å²) in [5.41, 5.74) is 2.47. The maximum atomic E-state index is 12.9. The maximum Gasteiger partial charge on any atom is 0.336 e. The third-order valence-electron chi connectivity index (χ3n) is 4.85. The smallest absolute Gasteiger partial charge is 0.336 e. The molecule has 1 aliphatic heterocycles. The normalized spacial score (nSPS) is 16.9. The molecule has 0 fully saturated rings. The molecule has 0 radical (unpaired) electrons. The van der Waals surface area contributed by atoms with Gasteiger partial charge in [-0.25, -0.2) is 9.48 Å². The minimum atomic E-state index is -0.378. The zero-order valence-electron chi connectivity index (χ0n) is 14.7. The van der Waals surface area contributed by atoms with E-state index >= 15 is 0 Å². The molecule has 1 amide bonds. The molecule has 1 atom stereocenters. The highest BCUT2D eigenvalue weighted by Crippen LogP contribution is 2.29. The van der Waals surface area contributed by atoms with Gasteiger partial charge in [0.2, 0.25) is 5.91 Å². The molecule has 4 rings (SSSR count). The number of aromatic nitrogens is 4. The molecular weight excluding hydrogens is 334 g/mol. The topological polar surface area (TPSA) is 103 Å². The van der Waals surface area contributed by atoms with Crippen molar-refractivity contribution in [3.8, 4) is 0 Å². The molecule has 0 saturated heterocycles. The minimum absolute atomic E-state index is 0.125. The lowest BCUT2D eigenvalue weighted by Gasteiger charge is -2.15. The minimum Gasteiger partial charge on any atom is -0.423 e. The SMILES string of the molecule is Cc1cc2oc(=O)cc(C)c2cc1NC(=O)[C@H]1CCCCn2nnnc21. The van der Waals surface area contributed by atoms with Crippen LogP contribution in [0.25, 0.3) is 11.0 Å². The summed E-state index contributed by atoms with van der Waals surface area (Å²) in [6.45, 7) is 4.45. The standard InChI is InChI=1S/C18H19N5O3/c1-10-8-16(24)26-15-7-11(2)14(9-13(10)15)19-18(25)12-5-3-4-6-23-17(12)20-21-22-23/h7-9,12H,3-6H2,1-2H3,(H,19,25)/t12-/m0/s1. The van der Waals surface area contributed by atoms with Gasteiger partial charge in [0.05, 0.1) is 5.92 Å². The number of hydrogen-bond acceptors (Lipinski definition) is 6. The molecule has 26 heavy (non-hydrogen) atoms. The third kappa shape index (κ3) is 2.87. The van der Waals surface area contributed by atoms with Gasteiger partial charge in [-0.05, 0) is 60.4 Å². The van der Waals surface area contributed by atoms with Crippen LogP contribution in [0.1, 0.15) is 42.1 Å². The summed E-state index contributed by atoms with van der Waals surface area (Å²) in [7, 11) is 0. The summed E-state index contributed by atoms with van der Waals surface area (Å²) >= 11 is 0. The van der Waals surface area contributed by atoms with Gasteiger partial charge in [-0.2, -0.15) is 0 Å². The van der Waals surface area contributed by atoms with Crippen molar-refractivity contribution in [3.05, 3.63) is 45.6 Å². The molecule has 0 saturated carbocycles. The Hall–Kier alpha value is -3.03. The number of anilines is 1. The predicted octanol–water partition coefficient (Wildman–Crippen LogP) is 2.30. The van der Waals surface area contributed by atoms with E-state index < -0.39 is 0 Å². The maximum absolute atomic E-state index is 12.9. The number of aryl methyl sites for hydroxylation is 3. The van der Waals surface area contributed by atoms with Gasteiger partial charge in [0.15, 0.2) is 5.82 Å². The number of tetrazole rings is 1. The average Bonchev–Trinajstić information content (AvgIpc) is 2.95. The number of fused-ring (bicyclic) bond motifs is 2. The summed E-state index contributed by atoms with van der Waals surface area (Å²) in [4.78, 5) is 24.5. The Morgan fingerprint density at radius 3 is 2.92 bits per heavy atom. The van der Waals surface area contributed by atoms with Crippen molar-refractivity contribution in [2.24, 2.45) is 0 Å². The molecule has 3 aromatic rings. The molecule has 1 aliphatic rings. The summed E-state index contributed by atoms with van der Waals surface area (Å²) in [6, 6.07) is 5.07. The van der Waals surface area contributed by atoms with E-state index in [2.05, 4.69) is 20.8 Å². The second-order valence-electron chi connectivity index (χ2n) is 6.71. The van der Waals surface area contributed by atoms with Gasteiger partial charge >= 0.3 is 5.63 Å². The molecular formula is C18H19N5O3. The van der Waals surface area contributed by atoms with Crippen molar-refractivity contribution >= 4 is 22.6 Å². The quantitative estimate of drug-likeness (QED) is 0.709. The van der Waals surface area contributed by atoms with Gasteiger partial charge < -0.3 is 9.73 Å². The second kappa shape index (κ2) is 6.36. The lowest BCUT2D eigenvalue weighted by Crippen LogP contribution is -2.23. The molecule has 1 N–H and O–H groups in total. The summed E-state index contributed by atoms with van der Waals surface area (Å²) in [5.74, 6) is 0.110. The molecule has 8 heteroatoms. The van der Waals surface area contributed by atoms with E-state index in [0.29, 0.717) is 23.5 Å². The van der Waals surface area contributed by atoms with Gasteiger partial charge in [0, 0.05) is 23.7 Å². The monoisotopic (exact) mass is 353 g/mol. The molecule has 8 nitrogen and oxygen atoms in total. The molecule has 2 aromatic heterocycles. The fourth-order valence-electron chi connectivity index (χ4n) is 3.43. The van der Waals surface area contributed by atoms with Crippen LogP contribution in [0.4, 0.5) is 5.69 Å². The molecule has 1 aromatic carbocycles. The Morgan fingerprint density at radius 2 is 2.08 bits per heavy atom. The fourth-order valence-corrected chi connectivity index (χ4v) is 3.43. The Kier molecular flexibility index (Phi) is 4.02. The van der Waals surface area contributed by atoms with Crippen molar-refractivity contribution in [1.82, 2.24) is 20.2 Å². The van der Waals surface area contributed by atoms with Crippen molar-refractivity contribution in [2.75, 3.05) is 5.32 Å². The van der Waals surface area contributed by atoms with E-state index in [1.165, 1.54) is 6.07 Å². The number of carbonyl (C=O) groups is 1. The summed E-state index contributed by atoms with van der Waals surface area (Å²) in [6.07, 6.45) is 2.60. The second-order valence-corrected chi connectivity index (χ2v) is 6.71. The van der Waals surface area contributed by atoms with Crippen LogP contribution in [-0.2, 0) is 11.3 Å². The van der Waals surface area contributed by atoms with Gasteiger partial charge in [0.1, 0.15) is 5.58 Å². The Bertz CT molecular complexity index is 1050. The Morgan fingerprint density at radius 1 is 1.23 bits per heavy atom. The first-order valence-electron chi connectivity index (χ1n) is 8.65. The molecule has 0 spiro atoms. The number of carbonyl (C=O) groups excluding carboxylic acids is 1. The largest absolute Gasteiger partial charge is 0.423 e. The van der Waals surface area contributed by atoms with E-state index in [1.54, 1.807) is 10.7 Å². The van der Waals surface area contributed by atoms with Crippen LogP contribution >= 0.6 is 0 Å². The predicted molar refractivity (Wildman–Crippen MR) is 95.0 cm³/mol. The Labute approximate surface area is 149 Å². The van der Waals surface area contributed by atoms with Crippen LogP contribution in [0.3, 0.4) is 0 Å². The van der Waals surface area contributed by atoms with Crippen molar-refractivity contribution < 1.29 is 9.21 Å². The van der Waals surface area contributed by atoms with E-state index in [9.17, 15) is 9.59 Å². The van der Waals surface area contributed by atoms with Gasteiger partial charge in [-0.3, -0.25) is 4.79 Å². The van der Waals surface area contributed by atoms with Crippen molar-refractivity contribution in [3.63, 3.8) is 0 Å². The van der Waals surface area contributed by atoms with Gasteiger partial charge in [-0.1, -0.05) is 6.42 Å². The van der Waals surface area contributed by atoms with Crippen molar-refractivity contribution in [2.45, 2.75) is 45.6 Å². The highest BCUT2D eigenvalue weighted by molar-refractivity contribution is 5.98. The first-order chi connectivity index (χ1) is 12.5. The highest BCUT2D eigenvalue weighted by atomic mass is 16.4. The molecule has 0 unspecified atom stereocenters. The Balaban J connectivity index is 1.68. The van der Waals surface area contributed by atoms with Crippen LogP contribution in [0.5, 0.6) is 0 Å². The number of hydrogen-bond donors (Lipinski definition) is 1. The molecule has 0 aliphatic carbocycles. The fraction of sp³-hybridized carbons (Fsp3) is 0.389. The molecule has 134 valence electrons.